The highest BCUT2D eigenvalue weighted by Crippen LogP contribution is 2.49. The number of hydrogen-bond acceptors (Lipinski definition) is 20. The molecule has 10 atom stereocenters. The molecule has 4 aliphatic heterocycles. The number of epoxide rings is 1. The van der Waals surface area contributed by atoms with Crippen molar-refractivity contribution in [2.75, 3.05) is 61.5 Å². The minimum Gasteiger partial charge on any atom is -0.495 e. The third kappa shape index (κ3) is 15.3. The topological polar surface area (TPSA) is 303 Å². The Bertz CT molecular complexity index is 2510. The Morgan fingerprint density at radius 2 is 1.74 bits per heavy atom. The lowest BCUT2D eigenvalue weighted by atomic mass is 9.83. The largest absolute Gasteiger partial charge is 0.495 e. The van der Waals surface area contributed by atoms with Crippen molar-refractivity contribution >= 4 is 65.3 Å². The van der Waals surface area contributed by atoms with Crippen LogP contribution in [0.15, 0.2) is 48.1 Å². The van der Waals surface area contributed by atoms with Crippen LogP contribution in [0.1, 0.15) is 70.9 Å². The zero-order valence-corrected chi connectivity index (χ0v) is 44.8. The van der Waals surface area contributed by atoms with E-state index in [4.69, 9.17) is 59.1 Å². The third-order valence-corrected chi connectivity index (χ3v) is 14.1. The number of hydroxylamine groups is 2. The average Bonchev–Trinajstić information content (AvgIpc) is 3.98. The van der Waals surface area contributed by atoms with E-state index in [-0.39, 0.29) is 62.2 Å². The summed E-state index contributed by atoms with van der Waals surface area (Å²) in [6.45, 7) is 5.55. The number of esters is 1. The maximum absolute atomic E-state index is 14.1. The van der Waals surface area contributed by atoms with E-state index >= 15 is 0 Å². The van der Waals surface area contributed by atoms with Gasteiger partial charge in [0.1, 0.15) is 67.0 Å². The monoisotopic (exact) mass is 1100 g/mol. The first-order valence-electron chi connectivity index (χ1n) is 24.8. The van der Waals surface area contributed by atoms with Crippen molar-refractivity contribution in [2.45, 2.75) is 127 Å². The maximum atomic E-state index is 14.1. The van der Waals surface area contributed by atoms with Crippen molar-refractivity contribution in [3.05, 3.63) is 64.2 Å². The maximum Gasteiger partial charge on any atom is 0.410 e. The van der Waals surface area contributed by atoms with Crippen molar-refractivity contribution in [1.82, 2.24) is 25.5 Å². The van der Waals surface area contributed by atoms with E-state index in [0.717, 1.165) is 20.9 Å². The molecule has 26 heteroatoms. The number of nitrogens with zero attached hydrogens (tertiary/aromatic N) is 3. The van der Waals surface area contributed by atoms with Gasteiger partial charge >= 0.3 is 30.2 Å². The van der Waals surface area contributed by atoms with Crippen LogP contribution in [-0.4, -0.2) is 189 Å². The molecule has 25 nitrogen and oxygen atoms in total. The highest BCUT2D eigenvalue weighted by atomic mass is 35.5. The lowest BCUT2D eigenvalue weighted by Crippen LogP contribution is -2.63. The SMILES string of the molecule is COc1cc2cc(c1Cl)CC(=O)C[C@H](OC(=O)[C@H](C)N(C)C(=O)CCOC(=O)NC(CN(C)C(=O)OC1/C=C/COCOC1)C(=O)ON1C(=O)CCC1=O)[C@]1(C)O[C@H]1[C@H](C)[C@@H]1C[C@@](O)(NC(=O)O1)[C@H](OC)/C=C/C=C(\C)C2. The zero-order valence-electron chi connectivity index (χ0n) is 44.1. The number of hydrogen-bond donors (Lipinski definition) is 3. The minimum absolute atomic E-state index is 0.0388. The van der Waals surface area contributed by atoms with E-state index in [0.29, 0.717) is 17.7 Å². The van der Waals surface area contributed by atoms with Crippen LogP contribution in [0.25, 0.3) is 0 Å². The molecule has 1 aromatic carbocycles. The molecule has 6 rings (SSSR count). The number of allylic oxidation sites excluding steroid dienone is 3. The summed E-state index contributed by atoms with van der Waals surface area (Å²) in [5, 5.41) is 17.0. The highest BCUT2D eigenvalue weighted by Gasteiger charge is 2.64. The number of likely N-dealkylation sites (N-methyl/N-ethyl adjacent to an activating group) is 2. The lowest BCUT2D eigenvalue weighted by Gasteiger charge is -2.42. The van der Waals surface area contributed by atoms with E-state index in [1.807, 2.05) is 13.0 Å². The van der Waals surface area contributed by atoms with Crippen LogP contribution in [0.2, 0.25) is 5.02 Å². The number of benzene rings is 1. The summed E-state index contributed by atoms with van der Waals surface area (Å²) in [4.78, 5) is 126. The molecular formula is C51H66ClN5O20. The number of rotatable bonds is 14. The molecule has 0 radical (unpaired) electrons. The van der Waals surface area contributed by atoms with Gasteiger partial charge in [0.05, 0.1) is 44.4 Å². The summed E-state index contributed by atoms with van der Waals surface area (Å²) in [6, 6.07) is 0.502. The number of halogens is 1. The van der Waals surface area contributed by atoms with Gasteiger partial charge in [0, 0.05) is 59.2 Å². The Morgan fingerprint density at radius 3 is 2.44 bits per heavy atom. The number of carbonyl (C=O) groups excluding carboxylic acids is 9. The number of Topliss-reactive ketones (excluding diaryl/α,β-unsaturated/α-hetero) is 1. The van der Waals surface area contributed by atoms with E-state index in [9.17, 15) is 48.3 Å². The van der Waals surface area contributed by atoms with Crippen molar-refractivity contribution in [2.24, 2.45) is 5.92 Å². The van der Waals surface area contributed by atoms with E-state index < -0.39 is 133 Å². The molecule has 0 saturated carbocycles. The Balaban J connectivity index is 1.13. The molecule has 0 aromatic heterocycles. The fraction of sp³-hybridized carbons (Fsp3) is 0.588. The van der Waals surface area contributed by atoms with Gasteiger partial charge in [0.25, 0.3) is 11.8 Å². The van der Waals surface area contributed by atoms with Crippen LogP contribution < -0.4 is 15.4 Å². The molecule has 1 aliphatic carbocycles. The number of imide groups is 1. The zero-order chi connectivity index (χ0) is 56.4. The standard InChI is InChI=1S/C51H66ClN5O20/c1-28-11-9-13-38(69-8)51(67)24-37(74-48(65)54-51)29(2)44-50(4,76-44)39(23-33(58)22-32-20-31(19-28)21-36(68-7)43(32)52)75-45(62)30(3)56(6)40(59)16-18-72-47(64)53-35(46(63)77-57-41(60)14-15-42(57)61)25-55(5)49(66)73-34-12-10-17-70-27-71-26-34/h9-13,20-21,29-30,34-35,37-39,44,67H,14-19,22-27H2,1-8H3,(H,53,64)(H,54,65)/b12-10+,13-9+,28-11+/t29-,30+,34?,35?,37+,38-,39+,44+,50+,51+/m1/s1. The van der Waals surface area contributed by atoms with Gasteiger partial charge in [-0.1, -0.05) is 54.5 Å². The summed E-state index contributed by atoms with van der Waals surface area (Å²) in [5.41, 5.74) is -1.17. The Hall–Kier alpha value is -6.64. The smallest absolute Gasteiger partial charge is 0.410 e. The predicted octanol–water partition coefficient (Wildman–Crippen LogP) is 2.75. The fourth-order valence-electron chi connectivity index (χ4n) is 9.07. The van der Waals surface area contributed by atoms with Gasteiger partial charge < -0.3 is 67.7 Å². The van der Waals surface area contributed by atoms with Crippen LogP contribution in [-0.2, 0) is 84.3 Å². The van der Waals surface area contributed by atoms with Gasteiger partial charge in [-0.3, -0.25) is 24.5 Å². The van der Waals surface area contributed by atoms with Crippen molar-refractivity contribution in [3.63, 3.8) is 0 Å². The first-order valence-corrected chi connectivity index (χ1v) is 25.2. The molecule has 3 saturated heterocycles. The summed E-state index contributed by atoms with van der Waals surface area (Å²) in [6.07, 6.45) is -0.928. The Morgan fingerprint density at radius 1 is 1.01 bits per heavy atom. The summed E-state index contributed by atoms with van der Waals surface area (Å²) in [5.74, 6) is -5.26. The van der Waals surface area contributed by atoms with Crippen LogP contribution in [0.3, 0.4) is 0 Å². The second-order valence-corrected chi connectivity index (χ2v) is 19.8. The van der Waals surface area contributed by atoms with Crippen molar-refractivity contribution in [1.29, 1.82) is 0 Å². The number of ether oxygens (including phenoxy) is 9. The summed E-state index contributed by atoms with van der Waals surface area (Å²) >= 11 is 6.75. The first kappa shape index (κ1) is 59.6. The molecule has 422 valence electrons. The quantitative estimate of drug-likeness (QED) is 0.0793. The number of nitrogens with one attached hydrogen (secondary N) is 2. The van der Waals surface area contributed by atoms with E-state index in [1.165, 1.54) is 41.3 Å². The van der Waals surface area contributed by atoms with Gasteiger partial charge in [-0.05, 0) is 50.5 Å². The number of alkyl carbamates (subject to hydrolysis) is 2. The summed E-state index contributed by atoms with van der Waals surface area (Å²) in [7, 11) is 5.38. The van der Waals surface area contributed by atoms with Gasteiger partial charge in [-0.15, -0.1) is 5.06 Å². The molecule has 3 fully saturated rings. The van der Waals surface area contributed by atoms with Crippen LogP contribution in [0.4, 0.5) is 14.4 Å². The number of ketones is 1. The molecule has 3 N–H and O–H groups in total. The minimum atomic E-state index is -1.92. The van der Waals surface area contributed by atoms with Gasteiger partial charge in [0.2, 0.25) is 5.91 Å². The molecule has 4 heterocycles. The van der Waals surface area contributed by atoms with E-state index in [2.05, 4.69) is 10.6 Å². The predicted molar refractivity (Wildman–Crippen MR) is 265 cm³/mol. The fourth-order valence-corrected chi connectivity index (χ4v) is 9.32. The van der Waals surface area contributed by atoms with Crippen molar-refractivity contribution in [3.8, 4) is 5.75 Å². The molecule has 1 aromatic rings. The van der Waals surface area contributed by atoms with Crippen molar-refractivity contribution < 1.29 is 95.7 Å². The molecule has 6 amide bonds. The number of methoxy groups -OCH3 is 2. The van der Waals surface area contributed by atoms with Gasteiger partial charge in [-0.2, -0.15) is 0 Å². The molecule has 0 spiro atoms. The van der Waals surface area contributed by atoms with Crippen LogP contribution >= 0.6 is 11.6 Å². The molecule has 2 unspecified atom stereocenters. The van der Waals surface area contributed by atoms with Gasteiger partial charge in [-0.25, -0.2) is 24.0 Å². The number of amides is 6. The van der Waals surface area contributed by atoms with E-state index in [1.54, 1.807) is 44.2 Å². The second kappa shape index (κ2) is 26.1. The molecule has 77 heavy (non-hydrogen) atoms. The molecule has 4 bridgehead atoms. The average molecular weight is 1100 g/mol. The highest BCUT2D eigenvalue weighted by molar-refractivity contribution is 6.33. The second-order valence-electron chi connectivity index (χ2n) is 19.5. The van der Waals surface area contributed by atoms with Crippen LogP contribution in [0, 0.1) is 5.92 Å². The lowest BCUT2D eigenvalue weighted by molar-refractivity contribution is -0.199. The molecule has 5 aliphatic rings. The number of carbonyl (C=O) groups is 9. The van der Waals surface area contributed by atoms with Gasteiger partial charge in [0.15, 0.2) is 5.72 Å². The van der Waals surface area contributed by atoms with Crippen LogP contribution in [0.5, 0.6) is 5.75 Å². The first-order chi connectivity index (χ1) is 36.5. The number of aliphatic hydroxyl groups is 1. The Labute approximate surface area is 449 Å². The molecular weight excluding hydrogens is 1040 g/mol. The normalized spacial score (nSPS) is 29.0. The Kier molecular flexibility index (Phi) is 20.2. The third-order valence-electron chi connectivity index (χ3n) is 13.7. The summed E-state index contributed by atoms with van der Waals surface area (Å²) < 4.78 is 50.2. The number of fused-ring (bicyclic) bond motifs is 5.